The number of rotatable bonds is 6. The number of benzene rings is 1. The third-order valence-electron chi connectivity index (χ3n) is 3.73. The van der Waals surface area contributed by atoms with Gasteiger partial charge in [-0.3, -0.25) is 14.5 Å². The summed E-state index contributed by atoms with van der Waals surface area (Å²) >= 11 is 0. The summed E-state index contributed by atoms with van der Waals surface area (Å²) < 4.78 is 7.51. The molecule has 0 atom stereocenters. The minimum Gasteiger partial charge on any atom is -0.488 e. The molecule has 3 rings (SSSR count). The maximum absolute atomic E-state index is 12.4. The molecule has 0 radical (unpaired) electrons. The lowest BCUT2D eigenvalue weighted by Crippen LogP contribution is -1.98. The van der Waals surface area contributed by atoms with Crippen molar-refractivity contribution in [3.8, 4) is 5.75 Å². The van der Waals surface area contributed by atoms with Crippen LogP contribution in [0.25, 0.3) is 6.08 Å². The monoisotopic (exact) mass is 333 g/mol. The second-order valence-electron chi connectivity index (χ2n) is 5.69. The number of carbonyl (C=O) groups excluding carboxylic acids is 1. The molecular weight excluding hydrogens is 314 g/mol. The Hall–Kier alpha value is -3.21. The molecular formula is C20H19N3O2. The van der Waals surface area contributed by atoms with Crippen LogP contribution in [0.4, 0.5) is 0 Å². The highest BCUT2D eigenvalue weighted by atomic mass is 16.5. The van der Waals surface area contributed by atoms with Crippen molar-refractivity contribution in [1.82, 2.24) is 14.8 Å². The average Bonchev–Trinajstić information content (AvgIpc) is 2.98. The van der Waals surface area contributed by atoms with E-state index in [1.165, 1.54) is 0 Å². The molecule has 0 aliphatic rings. The number of nitrogens with zero attached hydrogens (tertiary/aromatic N) is 3. The molecule has 0 spiro atoms. The second-order valence-corrected chi connectivity index (χ2v) is 5.69. The summed E-state index contributed by atoms with van der Waals surface area (Å²) in [4.78, 5) is 16.4. The summed E-state index contributed by atoms with van der Waals surface area (Å²) in [5.41, 5.74) is 3.16. The minimum atomic E-state index is -0.0762. The number of para-hydroxylation sites is 1. The standard InChI is InChI=1S/C20H19N3O2/c1-15-18(13-23(2)22-15)19(24)10-9-17-7-3-4-8-20(17)25-14-16-6-5-11-21-12-16/h3-13H,14H2,1-2H3. The molecule has 126 valence electrons. The number of ether oxygens (including phenoxy) is 1. The molecule has 5 nitrogen and oxygen atoms in total. The predicted octanol–water partition coefficient (Wildman–Crippen LogP) is 3.60. The molecule has 0 fully saturated rings. The van der Waals surface area contributed by atoms with Gasteiger partial charge < -0.3 is 4.74 Å². The Morgan fingerprint density at radius 3 is 2.80 bits per heavy atom. The van der Waals surface area contributed by atoms with E-state index in [1.807, 2.05) is 43.3 Å². The maximum atomic E-state index is 12.4. The van der Waals surface area contributed by atoms with E-state index in [0.29, 0.717) is 12.2 Å². The molecule has 0 amide bonds. The highest BCUT2D eigenvalue weighted by Gasteiger charge is 2.10. The van der Waals surface area contributed by atoms with Crippen LogP contribution in [-0.4, -0.2) is 20.5 Å². The molecule has 3 aromatic rings. The molecule has 0 saturated heterocycles. The van der Waals surface area contributed by atoms with E-state index in [-0.39, 0.29) is 5.78 Å². The summed E-state index contributed by atoms with van der Waals surface area (Å²) in [5.74, 6) is 0.644. The third kappa shape index (κ3) is 4.20. The topological polar surface area (TPSA) is 57.0 Å². The number of hydrogen-bond acceptors (Lipinski definition) is 4. The summed E-state index contributed by atoms with van der Waals surface area (Å²) in [6, 6.07) is 11.5. The fraction of sp³-hybridized carbons (Fsp3) is 0.150. The smallest absolute Gasteiger partial charge is 0.189 e. The SMILES string of the molecule is Cc1nn(C)cc1C(=O)C=Cc1ccccc1OCc1cccnc1. The van der Waals surface area contributed by atoms with Crippen LogP contribution < -0.4 is 4.74 Å². The molecule has 0 saturated carbocycles. The first-order chi connectivity index (χ1) is 12.1. The van der Waals surface area contributed by atoms with Crippen LogP contribution in [0.5, 0.6) is 5.75 Å². The van der Waals surface area contributed by atoms with E-state index in [9.17, 15) is 4.79 Å². The third-order valence-corrected chi connectivity index (χ3v) is 3.73. The van der Waals surface area contributed by atoms with Crippen LogP contribution in [0, 0.1) is 6.92 Å². The molecule has 1 aromatic carbocycles. The van der Waals surface area contributed by atoms with Gasteiger partial charge in [-0.15, -0.1) is 0 Å². The van der Waals surface area contributed by atoms with Gasteiger partial charge in [0, 0.05) is 36.8 Å². The van der Waals surface area contributed by atoms with Crippen LogP contribution >= 0.6 is 0 Å². The first-order valence-electron chi connectivity index (χ1n) is 7.97. The highest BCUT2D eigenvalue weighted by molar-refractivity contribution is 6.07. The van der Waals surface area contributed by atoms with Gasteiger partial charge in [0.2, 0.25) is 0 Å². The van der Waals surface area contributed by atoms with Crippen molar-refractivity contribution < 1.29 is 9.53 Å². The lowest BCUT2D eigenvalue weighted by Gasteiger charge is -2.08. The van der Waals surface area contributed by atoms with Crippen molar-refractivity contribution in [1.29, 1.82) is 0 Å². The molecule has 0 N–H and O–H groups in total. The van der Waals surface area contributed by atoms with E-state index >= 15 is 0 Å². The zero-order valence-corrected chi connectivity index (χ0v) is 14.2. The Balaban J connectivity index is 1.74. The number of allylic oxidation sites excluding steroid dienone is 1. The Bertz CT molecular complexity index is 898. The van der Waals surface area contributed by atoms with E-state index in [0.717, 1.165) is 22.6 Å². The average molecular weight is 333 g/mol. The van der Waals surface area contributed by atoms with Crippen molar-refractivity contribution in [2.75, 3.05) is 0 Å². The fourth-order valence-electron chi connectivity index (χ4n) is 2.49. The molecule has 0 aliphatic carbocycles. The van der Waals surface area contributed by atoms with E-state index in [1.54, 1.807) is 42.5 Å². The van der Waals surface area contributed by atoms with Crippen molar-refractivity contribution in [3.63, 3.8) is 0 Å². The number of ketones is 1. The number of carbonyl (C=O) groups is 1. The van der Waals surface area contributed by atoms with E-state index < -0.39 is 0 Å². The van der Waals surface area contributed by atoms with Crippen molar-refractivity contribution in [2.45, 2.75) is 13.5 Å². The van der Waals surface area contributed by atoms with Crippen LogP contribution in [0.2, 0.25) is 0 Å². The van der Waals surface area contributed by atoms with Gasteiger partial charge in [-0.1, -0.05) is 24.3 Å². The maximum Gasteiger partial charge on any atom is 0.189 e. The van der Waals surface area contributed by atoms with E-state index in [2.05, 4.69) is 10.1 Å². The summed E-state index contributed by atoms with van der Waals surface area (Å²) in [6.07, 6.45) is 8.55. The normalized spacial score (nSPS) is 11.0. The summed E-state index contributed by atoms with van der Waals surface area (Å²) in [7, 11) is 1.80. The zero-order chi connectivity index (χ0) is 17.6. The number of aromatic nitrogens is 3. The summed E-state index contributed by atoms with van der Waals surface area (Å²) in [5, 5.41) is 4.20. The Kier molecular flexibility index (Phi) is 5.04. The van der Waals surface area contributed by atoms with Gasteiger partial charge in [0.15, 0.2) is 5.78 Å². The first-order valence-corrected chi connectivity index (χ1v) is 7.97. The van der Waals surface area contributed by atoms with Crippen molar-refractivity contribution in [3.05, 3.63) is 83.4 Å². The van der Waals surface area contributed by atoms with Crippen molar-refractivity contribution in [2.24, 2.45) is 7.05 Å². The number of hydrogen-bond donors (Lipinski definition) is 0. The van der Waals surface area contributed by atoms with Gasteiger partial charge in [0.25, 0.3) is 0 Å². The second kappa shape index (κ2) is 7.57. The number of pyridine rings is 1. The van der Waals surface area contributed by atoms with Gasteiger partial charge in [-0.05, 0) is 31.2 Å². The molecule has 0 unspecified atom stereocenters. The Morgan fingerprint density at radius 2 is 2.08 bits per heavy atom. The van der Waals surface area contributed by atoms with Gasteiger partial charge in [-0.2, -0.15) is 5.10 Å². The Morgan fingerprint density at radius 1 is 1.24 bits per heavy atom. The number of aryl methyl sites for hydroxylation is 2. The molecule has 2 heterocycles. The predicted molar refractivity (Wildman–Crippen MR) is 96.3 cm³/mol. The molecule has 25 heavy (non-hydrogen) atoms. The lowest BCUT2D eigenvalue weighted by molar-refractivity contribution is 0.104. The van der Waals surface area contributed by atoms with Gasteiger partial charge in [0.05, 0.1) is 11.3 Å². The van der Waals surface area contributed by atoms with Gasteiger partial charge in [0.1, 0.15) is 12.4 Å². The first kappa shape index (κ1) is 16.6. The van der Waals surface area contributed by atoms with Crippen molar-refractivity contribution >= 4 is 11.9 Å². The largest absolute Gasteiger partial charge is 0.488 e. The summed E-state index contributed by atoms with van der Waals surface area (Å²) in [6.45, 7) is 2.25. The van der Waals surface area contributed by atoms with Crippen LogP contribution in [0.1, 0.15) is 27.2 Å². The van der Waals surface area contributed by atoms with Crippen LogP contribution in [0.15, 0.2) is 61.1 Å². The van der Waals surface area contributed by atoms with Crippen LogP contribution in [-0.2, 0) is 13.7 Å². The van der Waals surface area contributed by atoms with Crippen LogP contribution in [0.3, 0.4) is 0 Å². The lowest BCUT2D eigenvalue weighted by atomic mass is 10.1. The minimum absolute atomic E-state index is 0.0762. The molecule has 5 heteroatoms. The molecule has 0 bridgehead atoms. The van der Waals surface area contributed by atoms with E-state index in [4.69, 9.17) is 4.74 Å². The Labute approximate surface area is 146 Å². The quantitative estimate of drug-likeness (QED) is 0.511. The zero-order valence-electron chi connectivity index (χ0n) is 14.2. The molecule has 2 aromatic heterocycles. The van der Waals surface area contributed by atoms with Gasteiger partial charge >= 0.3 is 0 Å². The molecule has 0 aliphatic heterocycles. The van der Waals surface area contributed by atoms with Gasteiger partial charge in [-0.25, -0.2) is 0 Å². The highest BCUT2D eigenvalue weighted by Crippen LogP contribution is 2.21. The fourth-order valence-corrected chi connectivity index (χ4v) is 2.49.